The zero-order valence-corrected chi connectivity index (χ0v) is 11.6. The van der Waals surface area contributed by atoms with Crippen molar-refractivity contribution in [3.8, 4) is 6.07 Å². The number of amides is 1. The van der Waals surface area contributed by atoms with Crippen molar-refractivity contribution in [3.63, 3.8) is 0 Å². The summed E-state index contributed by atoms with van der Waals surface area (Å²) in [7, 11) is 0. The maximum absolute atomic E-state index is 13.6. The van der Waals surface area contributed by atoms with E-state index >= 15 is 0 Å². The maximum Gasteiger partial charge on any atom is 0.267 e. The van der Waals surface area contributed by atoms with E-state index in [1.54, 1.807) is 36.4 Å². The Balaban J connectivity index is 1.73. The number of carbonyl (C=O) groups is 1. The molecular weight excluding hydrogens is 281 g/mol. The molecular formula is C17H12FN3O. The standard InChI is InChI=1S/C17H12FN3O/c18-14-2-1-3-15-13(14)8-16(21-15)17(22)20-10-12-6-4-11(9-19)5-7-12/h1-8,21H,10H2,(H,20,22). The molecule has 3 aromatic rings. The number of rotatable bonds is 3. The highest BCUT2D eigenvalue weighted by atomic mass is 19.1. The van der Waals surface area contributed by atoms with E-state index in [1.807, 2.05) is 6.07 Å². The Morgan fingerprint density at radius 1 is 1.23 bits per heavy atom. The van der Waals surface area contributed by atoms with E-state index in [-0.39, 0.29) is 11.7 Å². The molecule has 0 saturated heterocycles. The first kappa shape index (κ1) is 13.8. The molecule has 0 bridgehead atoms. The van der Waals surface area contributed by atoms with E-state index in [9.17, 15) is 9.18 Å². The lowest BCUT2D eigenvalue weighted by molar-refractivity contribution is 0.0947. The van der Waals surface area contributed by atoms with Crippen LogP contribution in [0.25, 0.3) is 10.9 Å². The van der Waals surface area contributed by atoms with Crippen LogP contribution in [0.2, 0.25) is 0 Å². The van der Waals surface area contributed by atoms with Crippen molar-refractivity contribution in [2.75, 3.05) is 0 Å². The first-order valence-corrected chi connectivity index (χ1v) is 6.72. The SMILES string of the molecule is N#Cc1ccc(CNC(=O)c2cc3c(F)cccc3[nH]2)cc1. The van der Waals surface area contributed by atoms with Crippen LogP contribution in [0.4, 0.5) is 4.39 Å². The number of fused-ring (bicyclic) bond motifs is 1. The molecule has 2 N–H and O–H groups in total. The second-order valence-corrected chi connectivity index (χ2v) is 4.88. The number of benzene rings is 2. The van der Waals surface area contributed by atoms with Gasteiger partial charge in [-0.15, -0.1) is 0 Å². The lowest BCUT2D eigenvalue weighted by Gasteiger charge is -2.03. The monoisotopic (exact) mass is 293 g/mol. The van der Waals surface area contributed by atoms with Gasteiger partial charge in [0.05, 0.1) is 11.6 Å². The van der Waals surface area contributed by atoms with Crippen LogP contribution in [0.1, 0.15) is 21.6 Å². The van der Waals surface area contributed by atoms with Crippen LogP contribution in [0.15, 0.2) is 48.5 Å². The number of aromatic amines is 1. The Labute approximate surface area is 126 Å². The zero-order valence-electron chi connectivity index (χ0n) is 11.6. The van der Waals surface area contributed by atoms with Crippen molar-refractivity contribution in [2.45, 2.75) is 6.54 Å². The minimum absolute atomic E-state index is 0.306. The van der Waals surface area contributed by atoms with Crippen molar-refractivity contribution in [2.24, 2.45) is 0 Å². The topological polar surface area (TPSA) is 68.7 Å². The summed E-state index contributed by atoms with van der Waals surface area (Å²) in [6.45, 7) is 0.336. The number of H-pyrrole nitrogens is 1. The summed E-state index contributed by atoms with van der Waals surface area (Å²) >= 11 is 0. The van der Waals surface area contributed by atoms with Gasteiger partial charge in [0.1, 0.15) is 11.5 Å². The highest BCUT2D eigenvalue weighted by Gasteiger charge is 2.11. The summed E-state index contributed by atoms with van der Waals surface area (Å²) in [4.78, 5) is 15.0. The smallest absolute Gasteiger partial charge is 0.267 e. The van der Waals surface area contributed by atoms with Gasteiger partial charge in [-0.3, -0.25) is 4.79 Å². The summed E-state index contributed by atoms with van der Waals surface area (Å²) in [5.41, 5.74) is 2.35. The average Bonchev–Trinajstić information content (AvgIpc) is 2.99. The lowest BCUT2D eigenvalue weighted by Crippen LogP contribution is -2.23. The average molecular weight is 293 g/mol. The summed E-state index contributed by atoms with van der Waals surface area (Å²) < 4.78 is 13.6. The van der Waals surface area contributed by atoms with Crippen molar-refractivity contribution in [1.82, 2.24) is 10.3 Å². The molecule has 0 radical (unpaired) electrons. The molecule has 108 valence electrons. The third kappa shape index (κ3) is 2.67. The number of aromatic nitrogens is 1. The van der Waals surface area contributed by atoms with Gasteiger partial charge in [0.15, 0.2) is 0 Å². The highest BCUT2D eigenvalue weighted by molar-refractivity contribution is 5.98. The molecule has 1 aromatic heterocycles. The summed E-state index contributed by atoms with van der Waals surface area (Å²) in [5, 5.41) is 11.9. The lowest BCUT2D eigenvalue weighted by atomic mass is 10.1. The first-order valence-electron chi connectivity index (χ1n) is 6.72. The summed E-state index contributed by atoms with van der Waals surface area (Å²) in [6.07, 6.45) is 0. The van der Waals surface area contributed by atoms with Crippen molar-refractivity contribution in [1.29, 1.82) is 5.26 Å². The van der Waals surface area contributed by atoms with Crippen LogP contribution in [0.3, 0.4) is 0 Å². The molecule has 0 fully saturated rings. The van der Waals surface area contributed by atoms with Crippen molar-refractivity contribution >= 4 is 16.8 Å². The summed E-state index contributed by atoms with van der Waals surface area (Å²) in [5.74, 6) is -0.667. The molecule has 0 aliphatic heterocycles. The van der Waals surface area contributed by atoms with E-state index in [2.05, 4.69) is 10.3 Å². The van der Waals surface area contributed by atoms with Gasteiger partial charge in [-0.05, 0) is 35.9 Å². The fraction of sp³-hybridized carbons (Fsp3) is 0.0588. The first-order chi connectivity index (χ1) is 10.7. The molecule has 22 heavy (non-hydrogen) atoms. The summed E-state index contributed by atoms with van der Waals surface area (Å²) in [6, 6.07) is 15.2. The van der Waals surface area contributed by atoms with Crippen LogP contribution in [-0.4, -0.2) is 10.9 Å². The third-order valence-electron chi connectivity index (χ3n) is 3.39. The van der Waals surface area contributed by atoms with Gasteiger partial charge >= 0.3 is 0 Å². The van der Waals surface area contributed by atoms with Gasteiger partial charge in [0.25, 0.3) is 5.91 Å². The van der Waals surface area contributed by atoms with Gasteiger partial charge in [0.2, 0.25) is 0 Å². The van der Waals surface area contributed by atoms with Crippen molar-refractivity contribution in [3.05, 3.63) is 71.2 Å². The van der Waals surface area contributed by atoms with Crippen LogP contribution in [-0.2, 0) is 6.54 Å². The molecule has 0 spiro atoms. The molecule has 1 heterocycles. The molecule has 0 aliphatic rings. The normalized spacial score (nSPS) is 10.4. The van der Waals surface area contributed by atoms with Crippen molar-refractivity contribution < 1.29 is 9.18 Å². The Bertz CT molecular complexity index is 875. The predicted molar refractivity (Wildman–Crippen MR) is 80.6 cm³/mol. The van der Waals surface area contributed by atoms with E-state index < -0.39 is 0 Å². The molecule has 5 heteroatoms. The highest BCUT2D eigenvalue weighted by Crippen LogP contribution is 2.18. The molecule has 4 nitrogen and oxygen atoms in total. The molecule has 3 rings (SSSR count). The molecule has 2 aromatic carbocycles. The predicted octanol–water partition coefficient (Wildman–Crippen LogP) is 3.11. The number of nitrogens with zero attached hydrogens (tertiary/aromatic N) is 1. The van der Waals surface area contributed by atoms with Crippen LogP contribution >= 0.6 is 0 Å². The fourth-order valence-corrected chi connectivity index (χ4v) is 2.22. The minimum atomic E-state index is -0.361. The van der Waals surface area contributed by atoms with E-state index in [4.69, 9.17) is 5.26 Å². The molecule has 0 aliphatic carbocycles. The largest absolute Gasteiger partial charge is 0.350 e. The number of nitriles is 1. The zero-order chi connectivity index (χ0) is 15.5. The Morgan fingerprint density at radius 2 is 2.00 bits per heavy atom. The number of hydrogen-bond donors (Lipinski definition) is 2. The fourth-order valence-electron chi connectivity index (χ4n) is 2.22. The Morgan fingerprint density at radius 3 is 2.68 bits per heavy atom. The number of carbonyl (C=O) groups excluding carboxylic acids is 1. The minimum Gasteiger partial charge on any atom is -0.350 e. The number of nitrogens with one attached hydrogen (secondary N) is 2. The second-order valence-electron chi connectivity index (χ2n) is 4.88. The van der Waals surface area contributed by atoms with Crippen LogP contribution in [0.5, 0.6) is 0 Å². The quantitative estimate of drug-likeness (QED) is 0.779. The van der Waals surface area contributed by atoms with Gasteiger partial charge in [-0.25, -0.2) is 4.39 Å². The number of hydrogen-bond acceptors (Lipinski definition) is 2. The molecule has 0 saturated carbocycles. The van der Waals surface area contributed by atoms with E-state index in [0.29, 0.717) is 28.7 Å². The van der Waals surface area contributed by atoms with E-state index in [1.165, 1.54) is 12.1 Å². The van der Waals surface area contributed by atoms with Gasteiger partial charge in [0, 0.05) is 17.4 Å². The van der Waals surface area contributed by atoms with Gasteiger partial charge in [-0.2, -0.15) is 5.26 Å². The third-order valence-corrected chi connectivity index (χ3v) is 3.39. The van der Waals surface area contributed by atoms with Gasteiger partial charge < -0.3 is 10.3 Å². The van der Waals surface area contributed by atoms with Gasteiger partial charge in [-0.1, -0.05) is 18.2 Å². The number of halogens is 1. The Hall–Kier alpha value is -3.13. The van der Waals surface area contributed by atoms with E-state index in [0.717, 1.165) is 5.56 Å². The molecule has 0 unspecified atom stereocenters. The Kier molecular flexibility index (Phi) is 3.58. The molecule has 1 amide bonds. The second kappa shape index (κ2) is 5.70. The van der Waals surface area contributed by atoms with Crippen LogP contribution in [0, 0.1) is 17.1 Å². The van der Waals surface area contributed by atoms with Crippen LogP contribution < -0.4 is 5.32 Å². The molecule has 0 atom stereocenters. The maximum atomic E-state index is 13.6.